The molecule has 1 aliphatic carbocycles. The predicted octanol–water partition coefficient (Wildman–Crippen LogP) is 4.20. The summed E-state index contributed by atoms with van der Waals surface area (Å²) in [6.45, 7) is 2.05. The van der Waals surface area contributed by atoms with E-state index in [1.165, 1.54) is 42.4 Å². The molecule has 0 aliphatic heterocycles. The number of nitrogen functional groups attached to an aromatic ring is 1. The van der Waals surface area contributed by atoms with Crippen LogP contribution in [0.2, 0.25) is 0 Å². The molecule has 0 spiro atoms. The summed E-state index contributed by atoms with van der Waals surface area (Å²) in [5.74, 6) is 0. The quantitative estimate of drug-likeness (QED) is 0.786. The Kier molecular flexibility index (Phi) is 3.16. The van der Waals surface area contributed by atoms with E-state index < -0.39 is 0 Å². The van der Waals surface area contributed by atoms with Gasteiger partial charge in [0.15, 0.2) is 0 Å². The van der Waals surface area contributed by atoms with Crippen LogP contribution in [0, 0.1) is 6.92 Å². The Labute approximate surface area is 114 Å². The van der Waals surface area contributed by atoms with Crippen molar-refractivity contribution in [3.05, 3.63) is 53.1 Å². The highest BCUT2D eigenvalue weighted by atomic mass is 14.9. The average Bonchev–Trinajstić information content (AvgIpc) is 2.42. The molecule has 1 aliphatic rings. The van der Waals surface area contributed by atoms with Gasteiger partial charge in [-0.15, -0.1) is 0 Å². The molecule has 3 rings (SSSR count). The van der Waals surface area contributed by atoms with Crippen LogP contribution in [0.25, 0.3) is 0 Å². The van der Waals surface area contributed by atoms with Crippen molar-refractivity contribution in [3.63, 3.8) is 0 Å². The number of rotatable bonds is 2. The molecule has 2 aromatic carbocycles. The number of hydrogen-bond donors (Lipinski definition) is 2. The van der Waals surface area contributed by atoms with E-state index >= 15 is 0 Å². The van der Waals surface area contributed by atoms with Gasteiger partial charge >= 0.3 is 0 Å². The Morgan fingerprint density at radius 3 is 2.53 bits per heavy atom. The molecule has 0 unspecified atom stereocenters. The maximum atomic E-state index is 6.04. The number of aryl methyl sites for hydroxylation is 3. The van der Waals surface area contributed by atoms with Gasteiger partial charge in [0.05, 0.1) is 11.4 Å². The molecule has 3 N–H and O–H groups in total. The van der Waals surface area contributed by atoms with E-state index in [9.17, 15) is 0 Å². The Bertz CT molecular complexity index is 602. The first-order valence-electron chi connectivity index (χ1n) is 6.97. The summed E-state index contributed by atoms with van der Waals surface area (Å²) in [6, 6.07) is 12.8. The van der Waals surface area contributed by atoms with Crippen molar-refractivity contribution in [3.8, 4) is 0 Å². The maximum Gasteiger partial charge on any atom is 0.0618 e. The Balaban J connectivity index is 1.87. The van der Waals surface area contributed by atoms with Gasteiger partial charge in [-0.3, -0.25) is 0 Å². The fourth-order valence-corrected chi connectivity index (χ4v) is 2.76. The van der Waals surface area contributed by atoms with Gasteiger partial charge in [-0.25, -0.2) is 0 Å². The van der Waals surface area contributed by atoms with Crippen LogP contribution in [0.1, 0.15) is 29.5 Å². The lowest BCUT2D eigenvalue weighted by Gasteiger charge is -2.17. The van der Waals surface area contributed by atoms with Crippen LogP contribution in [-0.4, -0.2) is 0 Å². The maximum absolute atomic E-state index is 6.04. The summed E-state index contributed by atoms with van der Waals surface area (Å²) in [7, 11) is 0. The third kappa shape index (κ3) is 2.58. The zero-order chi connectivity index (χ0) is 13.2. The van der Waals surface area contributed by atoms with E-state index in [0.717, 1.165) is 17.1 Å². The molecular weight excluding hydrogens is 232 g/mol. The number of fused-ring (bicyclic) bond motifs is 1. The molecule has 19 heavy (non-hydrogen) atoms. The van der Waals surface area contributed by atoms with E-state index in [1.54, 1.807) is 0 Å². The van der Waals surface area contributed by atoms with Crippen molar-refractivity contribution >= 4 is 17.1 Å². The van der Waals surface area contributed by atoms with Gasteiger partial charge in [0.1, 0.15) is 0 Å². The van der Waals surface area contributed by atoms with Gasteiger partial charge in [-0.2, -0.15) is 0 Å². The van der Waals surface area contributed by atoms with Crippen LogP contribution in [-0.2, 0) is 12.8 Å². The number of hydrogen-bond acceptors (Lipinski definition) is 2. The molecule has 0 saturated carbocycles. The van der Waals surface area contributed by atoms with Crippen LogP contribution < -0.4 is 11.1 Å². The summed E-state index contributed by atoms with van der Waals surface area (Å²) in [6.07, 6.45) is 5.06. The summed E-state index contributed by atoms with van der Waals surface area (Å²) >= 11 is 0. The predicted molar refractivity (Wildman–Crippen MR) is 82.0 cm³/mol. The minimum absolute atomic E-state index is 0.803. The molecule has 0 heterocycles. The number of anilines is 3. The van der Waals surface area contributed by atoms with Crippen molar-refractivity contribution in [1.82, 2.24) is 0 Å². The highest BCUT2D eigenvalue weighted by Gasteiger charge is 2.09. The van der Waals surface area contributed by atoms with Crippen molar-refractivity contribution in [1.29, 1.82) is 0 Å². The smallest absolute Gasteiger partial charge is 0.0618 e. The second-order valence-electron chi connectivity index (χ2n) is 5.41. The van der Waals surface area contributed by atoms with Crippen LogP contribution in [0.4, 0.5) is 17.1 Å². The molecule has 2 heteroatoms. The summed E-state index contributed by atoms with van der Waals surface area (Å²) in [5, 5.41) is 3.42. The third-order valence-electron chi connectivity index (χ3n) is 3.83. The molecule has 0 bridgehead atoms. The molecular formula is C17H20N2. The lowest BCUT2D eigenvalue weighted by Crippen LogP contribution is -2.03. The molecule has 0 saturated heterocycles. The minimum atomic E-state index is 0.803. The van der Waals surface area contributed by atoms with Crippen LogP contribution in [0.5, 0.6) is 0 Å². The average molecular weight is 252 g/mol. The van der Waals surface area contributed by atoms with Gasteiger partial charge in [0, 0.05) is 5.69 Å². The Hall–Kier alpha value is -1.96. The van der Waals surface area contributed by atoms with Crippen molar-refractivity contribution in [2.45, 2.75) is 32.6 Å². The van der Waals surface area contributed by atoms with Crippen molar-refractivity contribution in [2.75, 3.05) is 11.1 Å². The van der Waals surface area contributed by atoms with E-state index in [1.807, 2.05) is 12.1 Å². The summed E-state index contributed by atoms with van der Waals surface area (Å²) in [5.41, 5.74) is 13.2. The van der Waals surface area contributed by atoms with Crippen molar-refractivity contribution < 1.29 is 0 Å². The summed E-state index contributed by atoms with van der Waals surface area (Å²) < 4.78 is 0. The van der Waals surface area contributed by atoms with E-state index in [0.29, 0.717) is 0 Å². The fraction of sp³-hybridized carbons (Fsp3) is 0.294. The monoisotopic (exact) mass is 252 g/mol. The lowest BCUT2D eigenvalue weighted by atomic mass is 9.91. The number of benzene rings is 2. The first-order chi connectivity index (χ1) is 9.22. The van der Waals surface area contributed by atoms with Crippen LogP contribution in [0.3, 0.4) is 0 Å². The third-order valence-corrected chi connectivity index (χ3v) is 3.83. The molecule has 2 aromatic rings. The van der Waals surface area contributed by atoms with Gasteiger partial charge in [-0.1, -0.05) is 12.1 Å². The van der Waals surface area contributed by atoms with Crippen LogP contribution >= 0.6 is 0 Å². The number of nitrogens with one attached hydrogen (secondary N) is 1. The van der Waals surface area contributed by atoms with Crippen LogP contribution in [0.15, 0.2) is 36.4 Å². The van der Waals surface area contributed by atoms with E-state index in [2.05, 4.69) is 36.5 Å². The largest absolute Gasteiger partial charge is 0.397 e. The first kappa shape index (κ1) is 12.1. The van der Waals surface area contributed by atoms with Crippen molar-refractivity contribution in [2.24, 2.45) is 0 Å². The van der Waals surface area contributed by atoms with E-state index in [4.69, 9.17) is 5.73 Å². The highest BCUT2D eigenvalue weighted by molar-refractivity contribution is 5.73. The fourth-order valence-electron chi connectivity index (χ4n) is 2.76. The van der Waals surface area contributed by atoms with Gasteiger partial charge in [0.25, 0.3) is 0 Å². The molecule has 0 aromatic heterocycles. The normalized spacial score (nSPS) is 13.9. The Morgan fingerprint density at radius 1 is 0.947 bits per heavy atom. The zero-order valence-corrected chi connectivity index (χ0v) is 11.4. The molecule has 0 radical (unpaired) electrons. The molecule has 98 valence electrons. The molecule has 2 nitrogen and oxygen atoms in total. The first-order valence-corrected chi connectivity index (χ1v) is 6.97. The van der Waals surface area contributed by atoms with Gasteiger partial charge in [-0.05, 0) is 73.6 Å². The Morgan fingerprint density at radius 2 is 1.74 bits per heavy atom. The molecule has 0 atom stereocenters. The summed E-state index contributed by atoms with van der Waals surface area (Å²) in [4.78, 5) is 0. The minimum Gasteiger partial charge on any atom is -0.397 e. The zero-order valence-electron chi connectivity index (χ0n) is 11.4. The van der Waals surface area contributed by atoms with E-state index in [-0.39, 0.29) is 0 Å². The second kappa shape index (κ2) is 4.96. The van der Waals surface area contributed by atoms with Gasteiger partial charge < -0.3 is 11.1 Å². The molecule has 0 fully saturated rings. The SMILES string of the molecule is Cc1ccc(Nc2ccc3c(c2)CCCC3)c(N)c1. The standard InChI is InChI=1S/C17H20N2/c1-12-6-9-17(16(18)10-12)19-15-8-7-13-4-2-3-5-14(13)11-15/h6-11,19H,2-5,18H2,1H3. The topological polar surface area (TPSA) is 38.0 Å². The molecule has 0 amide bonds. The van der Waals surface area contributed by atoms with Gasteiger partial charge in [0.2, 0.25) is 0 Å². The second-order valence-corrected chi connectivity index (χ2v) is 5.41. The lowest BCUT2D eigenvalue weighted by molar-refractivity contribution is 0.686. The highest BCUT2D eigenvalue weighted by Crippen LogP contribution is 2.28. The number of nitrogens with two attached hydrogens (primary N) is 1.